The van der Waals surface area contributed by atoms with Crippen molar-refractivity contribution in [2.45, 2.75) is 26.2 Å². The number of hydrogen-bond acceptors (Lipinski definition) is 5. The first-order chi connectivity index (χ1) is 9.26. The predicted molar refractivity (Wildman–Crippen MR) is 69.0 cm³/mol. The standard InChI is InChI=1S/C13H21N3O3/c1-2-13(17)16(7-11-18-9-3-5-14)8-12-19-10-4-6-15/h2-4,7-12H2,1H3. The number of rotatable bonds is 11. The van der Waals surface area contributed by atoms with E-state index in [-0.39, 0.29) is 5.91 Å². The molecule has 19 heavy (non-hydrogen) atoms. The van der Waals surface area contributed by atoms with Gasteiger partial charge in [-0.15, -0.1) is 0 Å². The topological polar surface area (TPSA) is 86.3 Å². The Kier molecular flexibility index (Phi) is 11.7. The largest absolute Gasteiger partial charge is 0.379 e. The predicted octanol–water partition coefficient (Wildman–Crippen LogP) is 1.09. The summed E-state index contributed by atoms with van der Waals surface area (Å²) in [6, 6.07) is 3.98. The van der Waals surface area contributed by atoms with Gasteiger partial charge >= 0.3 is 0 Å². The van der Waals surface area contributed by atoms with E-state index in [1.54, 1.807) is 4.90 Å². The number of ether oxygens (including phenoxy) is 2. The summed E-state index contributed by atoms with van der Waals surface area (Å²) in [5, 5.41) is 16.7. The third-order valence-corrected chi connectivity index (χ3v) is 2.38. The average Bonchev–Trinajstić information content (AvgIpc) is 2.43. The van der Waals surface area contributed by atoms with Gasteiger partial charge in [0.1, 0.15) is 0 Å². The molecule has 1 amide bonds. The minimum Gasteiger partial charge on any atom is -0.379 e. The van der Waals surface area contributed by atoms with Crippen LogP contribution < -0.4 is 0 Å². The van der Waals surface area contributed by atoms with E-state index in [0.29, 0.717) is 58.8 Å². The molecule has 0 atom stereocenters. The zero-order valence-electron chi connectivity index (χ0n) is 11.4. The van der Waals surface area contributed by atoms with Gasteiger partial charge in [0.25, 0.3) is 0 Å². The number of nitrogens with zero attached hydrogens (tertiary/aromatic N) is 3. The summed E-state index contributed by atoms with van der Waals surface area (Å²) in [5.74, 6) is 0.0489. The Morgan fingerprint density at radius 1 is 1.00 bits per heavy atom. The highest BCUT2D eigenvalue weighted by Gasteiger charge is 2.10. The molecule has 0 aromatic carbocycles. The molecule has 0 N–H and O–H groups in total. The van der Waals surface area contributed by atoms with Crippen molar-refractivity contribution >= 4 is 5.91 Å². The van der Waals surface area contributed by atoms with Crippen molar-refractivity contribution in [2.24, 2.45) is 0 Å². The Balaban J connectivity index is 3.80. The fourth-order valence-corrected chi connectivity index (χ4v) is 1.37. The van der Waals surface area contributed by atoms with Gasteiger partial charge in [-0.05, 0) is 0 Å². The van der Waals surface area contributed by atoms with E-state index in [1.165, 1.54) is 0 Å². The van der Waals surface area contributed by atoms with Crippen LogP contribution in [0, 0.1) is 22.7 Å². The van der Waals surface area contributed by atoms with Gasteiger partial charge in [0.2, 0.25) is 5.91 Å². The maximum atomic E-state index is 11.7. The van der Waals surface area contributed by atoms with E-state index in [2.05, 4.69) is 0 Å². The van der Waals surface area contributed by atoms with Crippen molar-refractivity contribution in [3.05, 3.63) is 0 Å². The highest BCUT2D eigenvalue weighted by atomic mass is 16.5. The second-order valence-corrected chi connectivity index (χ2v) is 3.78. The first-order valence-electron chi connectivity index (χ1n) is 6.43. The van der Waals surface area contributed by atoms with Gasteiger partial charge in [0, 0.05) is 19.5 Å². The Hall–Kier alpha value is -1.63. The monoisotopic (exact) mass is 267 g/mol. The van der Waals surface area contributed by atoms with Crippen molar-refractivity contribution in [1.29, 1.82) is 10.5 Å². The molecule has 0 heterocycles. The summed E-state index contributed by atoms with van der Waals surface area (Å²) >= 11 is 0. The average molecular weight is 267 g/mol. The maximum absolute atomic E-state index is 11.7. The van der Waals surface area contributed by atoms with E-state index >= 15 is 0 Å². The molecule has 0 fully saturated rings. The lowest BCUT2D eigenvalue weighted by Gasteiger charge is -2.22. The number of nitriles is 2. The molecular formula is C13H21N3O3. The maximum Gasteiger partial charge on any atom is 0.222 e. The Labute approximate surface area is 114 Å². The van der Waals surface area contributed by atoms with Crippen LogP contribution in [0.15, 0.2) is 0 Å². The number of carbonyl (C=O) groups is 1. The highest BCUT2D eigenvalue weighted by molar-refractivity contribution is 5.75. The molecule has 106 valence electrons. The quantitative estimate of drug-likeness (QED) is 0.523. The second kappa shape index (κ2) is 12.8. The van der Waals surface area contributed by atoms with Crippen LogP contribution in [0.3, 0.4) is 0 Å². The van der Waals surface area contributed by atoms with Crippen LogP contribution in [0.25, 0.3) is 0 Å². The molecule has 0 spiro atoms. The molecule has 6 nitrogen and oxygen atoms in total. The number of carbonyl (C=O) groups excluding carboxylic acids is 1. The van der Waals surface area contributed by atoms with Crippen LogP contribution in [0.5, 0.6) is 0 Å². The first kappa shape index (κ1) is 17.4. The molecule has 6 heteroatoms. The van der Waals surface area contributed by atoms with Gasteiger partial charge < -0.3 is 14.4 Å². The lowest BCUT2D eigenvalue weighted by molar-refractivity contribution is -0.132. The fraction of sp³-hybridized carbons (Fsp3) is 0.769. The Morgan fingerprint density at radius 2 is 1.47 bits per heavy atom. The Morgan fingerprint density at radius 3 is 1.84 bits per heavy atom. The van der Waals surface area contributed by atoms with Gasteiger partial charge in [0.05, 0.1) is 51.4 Å². The van der Waals surface area contributed by atoms with Crippen LogP contribution in [-0.2, 0) is 14.3 Å². The van der Waals surface area contributed by atoms with E-state index in [9.17, 15) is 4.79 Å². The zero-order chi connectivity index (χ0) is 14.3. The van der Waals surface area contributed by atoms with Crippen LogP contribution >= 0.6 is 0 Å². The second-order valence-electron chi connectivity index (χ2n) is 3.78. The van der Waals surface area contributed by atoms with Crippen molar-refractivity contribution in [2.75, 3.05) is 39.5 Å². The van der Waals surface area contributed by atoms with E-state index in [4.69, 9.17) is 20.0 Å². The van der Waals surface area contributed by atoms with E-state index < -0.39 is 0 Å². The van der Waals surface area contributed by atoms with Gasteiger partial charge in [-0.25, -0.2) is 0 Å². The van der Waals surface area contributed by atoms with Gasteiger partial charge in [-0.3, -0.25) is 4.79 Å². The molecule has 0 aliphatic carbocycles. The summed E-state index contributed by atoms with van der Waals surface area (Å²) < 4.78 is 10.5. The summed E-state index contributed by atoms with van der Waals surface area (Å²) in [5.41, 5.74) is 0. The van der Waals surface area contributed by atoms with Gasteiger partial charge in [-0.2, -0.15) is 10.5 Å². The summed E-state index contributed by atoms with van der Waals surface area (Å²) in [6.45, 7) is 4.44. The van der Waals surface area contributed by atoms with Crippen molar-refractivity contribution in [1.82, 2.24) is 4.90 Å². The van der Waals surface area contributed by atoms with Crippen molar-refractivity contribution < 1.29 is 14.3 Å². The fourth-order valence-electron chi connectivity index (χ4n) is 1.37. The molecule has 0 aromatic heterocycles. The summed E-state index contributed by atoms with van der Waals surface area (Å²) in [4.78, 5) is 13.3. The van der Waals surface area contributed by atoms with E-state index in [1.807, 2.05) is 19.1 Å². The molecule has 0 aromatic rings. The summed E-state index contributed by atoms with van der Waals surface area (Å²) in [6.07, 6.45) is 1.16. The molecule has 0 aliphatic heterocycles. The lowest BCUT2D eigenvalue weighted by atomic mass is 10.3. The summed E-state index contributed by atoms with van der Waals surface area (Å²) in [7, 11) is 0. The minimum absolute atomic E-state index is 0.0489. The molecule has 0 saturated heterocycles. The first-order valence-corrected chi connectivity index (χ1v) is 6.43. The van der Waals surface area contributed by atoms with E-state index in [0.717, 1.165) is 0 Å². The van der Waals surface area contributed by atoms with Crippen molar-refractivity contribution in [3.63, 3.8) is 0 Å². The molecule has 0 aliphatic rings. The molecule has 0 saturated carbocycles. The zero-order valence-corrected chi connectivity index (χ0v) is 11.4. The molecule has 0 unspecified atom stereocenters. The third kappa shape index (κ3) is 10.0. The number of hydrogen-bond donors (Lipinski definition) is 0. The highest BCUT2D eigenvalue weighted by Crippen LogP contribution is 1.96. The molecular weight excluding hydrogens is 246 g/mol. The number of amides is 1. The van der Waals surface area contributed by atoms with Crippen LogP contribution in [0.2, 0.25) is 0 Å². The Bertz CT molecular complexity index is 296. The lowest BCUT2D eigenvalue weighted by Crippen LogP contribution is -2.36. The molecule has 0 bridgehead atoms. The smallest absolute Gasteiger partial charge is 0.222 e. The minimum atomic E-state index is 0.0489. The normalized spacial score (nSPS) is 9.63. The SMILES string of the molecule is CCC(=O)N(CCOCCC#N)CCOCCC#N. The van der Waals surface area contributed by atoms with Crippen LogP contribution in [-0.4, -0.2) is 50.3 Å². The van der Waals surface area contributed by atoms with Crippen LogP contribution in [0.1, 0.15) is 26.2 Å². The van der Waals surface area contributed by atoms with Gasteiger partial charge in [-0.1, -0.05) is 6.92 Å². The molecule has 0 rings (SSSR count). The third-order valence-electron chi connectivity index (χ3n) is 2.38. The van der Waals surface area contributed by atoms with Crippen LogP contribution in [0.4, 0.5) is 0 Å². The molecule has 0 radical (unpaired) electrons. The van der Waals surface area contributed by atoms with Gasteiger partial charge in [0.15, 0.2) is 0 Å². The van der Waals surface area contributed by atoms with Crippen molar-refractivity contribution in [3.8, 4) is 12.1 Å².